The molecule has 106 valence electrons. The minimum atomic E-state index is -0.637. The molecule has 1 aromatic rings. The van der Waals surface area contributed by atoms with Crippen molar-refractivity contribution in [1.29, 1.82) is 0 Å². The molecule has 1 amide bonds. The lowest BCUT2D eigenvalue weighted by Crippen LogP contribution is -2.36. The molecule has 0 fully saturated rings. The molecule has 0 spiro atoms. The van der Waals surface area contributed by atoms with Gasteiger partial charge in [-0.3, -0.25) is 4.79 Å². The number of carbonyl (C=O) groups is 1. The topological polar surface area (TPSA) is 38.3 Å². The van der Waals surface area contributed by atoms with Crippen LogP contribution in [0, 0.1) is 5.82 Å². The summed E-state index contributed by atoms with van der Waals surface area (Å²) in [6.45, 7) is 4.40. The smallest absolute Gasteiger partial charge is 0.260 e. The highest BCUT2D eigenvalue weighted by molar-refractivity contribution is 9.10. The fourth-order valence-corrected chi connectivity index (χ4v) is 1.78. The number of halogens is 2. The molecule has 0 bridgehead atoms. The van der Waals surface area contributed by atoms with E-state index in [9.17, 15) is 9.18 Å². The minimum absolute atomic E-state index is 0.181. The first-order valence-corrected chi connectivity index (χ1v) is 7.23. The lowest BCUT2D eigenvalue weighted by Gasteiger charge is -2.14. The van der Waals surface area contributed by atoms with Crippen LogP contribution in [-0.4, -0.2) is 18.6 Å². The zero-order valence-corrected chi connectivity index (χ0v) is 12.8. The highest BCUT2D eigenvalue weighted by atomic mass is 79.9. The molecule has 0 aromatic heterocycles. The second-order valence-corrected chi connectivity index (χ2v) is 5.19. The SMILES string of the molecule is CCCCCNC(=O)C(C)Oc1ccc(Br)c(F)c1. The van der Waals surface area contributed by atoms with E-state index < -0.39 is 11.9 Å². The summed E-state index contributed by atoms with van der Waals surface area (Å²) in [7, 11) is 0. The Morgan fingerprint density at radius 2 is 2.21 bits per heavy atom. The van der Waals surface area contributed by atoms with E-state index in [1.54, 1.807) is 19.1 Å². The highest BCUT2D eigenvalue weighted by Gasteiger charge is 2.14. The van der Waals surface area contributed by atoms with Crippen molar-refractivity contribution >= 4 is 21.8 Å². The molecule has 5 heteroatoms. The van der Waals surface area contributed by atoms with Crippen molar-refractivity contribution in [3.05, 3.63) is 28.5 Å². The third kappa shape index (κ3) is 5.59. The average molecular weight is 332 g/mol. The van der Waals surface area contributed by atoms with Gasteiger partial charge in [0.2, 0.25) is 0 Å². The van der Waals surface area contributed by atoms with Crippen molar-refractivity contribution in [2.75, 3.05) is 6.54 Å². The van der Waals surface area contributed by atoms with Gasteiger partial charge in [0.05, 0.1) is 4.47 Å². The molecule has 1 atom stereocenters. The van der Waals surface area contributed by atoms with Gasteiger partial charge in [-0.15, -0.1) is 0 Å². The summed E-state index contributed by atoms with van der Waals surface area (Å²) in [5.74, 6) is -0.246. The number of ether oxygens (including phenoxy) is 1. The maximum Gasteiger partial charge on any atom is 0.260 e. The summed E-state index contributed by atoms with van der Waals surface area (Å²) in [5, 5.41) is 2.80. The van der Waals surface area contributed by atoms with Gasteiger partial charge in [-0.1, -0.05) is 19.8 Å². The summed E-state index contributed by atoms with van der Waals surface area (Å²) in [6.07, 6.45) is 2.53. The van der Waals surface area contributed by atoms with Crippen molar-refractivity contribution in [2.45, 2.75) is 39.2 Å². The molecule has 1 rings (SSSR count). The van der Waals surface area contributed by atoms with Crippen LogP contribution in [0.2, 0.25) is 0 Å². The predicted octanol–water partition coefficient (Wildman–Crippen LogP) is 3.66. The fourth-order valence-electron chi connectivity index (χ4n) is 1.54. The van der Waals surface area contributed by atoms with E-state index >= 15 is 0 Å². The molecule has 0 aliphatic heterocycles. The maximum absolute atomic E-state index is 13.3. The van der Waals surface area contributed by atoms with Crippen LogP contribution in [-0.2, 0) is 4.79 Å². The molecule has 0 saturated heterocycles. The van der Waals surface area contributed by atoms with Crippen molar-refractivity contribution in [3.8, 4) is 5.75 Å². The fraction of sp³-hybridized carbons (Fsp3) is 0.500. The summed E-state index contributed by atoms with van der Waals surface area (Å²) in [4.78, 5) is 11.7. The van der Waals surface area contributed by atoms with E-state index in [-0.39, 0.29) is 5.91 Å². The molecule has 3 nitrogen and oxygen atoms in total. The van der Waals surface area contributed by atoms with E-state index in [4.69, 9.17) is 4.74 Å². The summed E-state index contributed by atoms with van der Waals surface area (Å²) in [5.41, 5.74) is 0. The van der Waals surface area contributed by atoms with E-state index in [0.717, 1.165) is 19.3 Å². The number of rotatable bonds is 7. The molecule has 1 N–H and O–H groups in total. The number of unbranched alkanes of at least 4 members (excludes halogenated alkanes) is 2. The molecule has 1 unspecified atom stereocenters. The Balaban J connectivity index is 2.42. The Bertz CT molecular complexity index is 426. The molecule has 19 heavy (non-hydrogen) atoms. The molecule has 0 aliphatic carbocycles. The van der Waals surface area contributed by atoms with E-state index in [1.807, 2.05) is 0 Å². The van der Waals surface area contributed by atoms with E-state index in [0.29, 0.717) is 16.8 Å². The van der Waals surface area contributed by atoms with E-state index in [2.05, 4.69) is 28.2 Å². The normalized spacial score (nSPS) is 12.0. The van der Waals surface area contributed by atoms with Crippen LogP contribution in [0.15, 0.2) is 22.7 Å². The molecule has 0 saturated carbocycles. The van der Waals surface area contributed by atoms with Gasteiger partial charge in [0.1, 0.15) is 11.6 Å². The zero-order valence-electron chi connectivity index (χ0n) is 11.2. The van der Waals surface area contributed by atoms with Gasteiger partial charge in [-0.25, -0.2) is 4.39 Å². The van der Waals surface area contributed by atoms with Gasteiger partial charge in [-0.05, 0) is 41.4 Å². The number of benzene rings is 1. The zero-order chi connectivity index (χ0) is 14.3. The van der Waals surface area contributed by atoms with Crippen molar-refractivity contribution in [3.63, 3.8) is 0 Å². The van der Waals surface area contributed by atoms with Crippen LogP contribution < -0.4 is 10.1 Å². The Morgan fingerprint density at radius 3 is 2.84 bits per heavy atom. The van der Waals surface area contributed by atoms with Gasteiger partial charge in [0, 0.05) is 12.6 Å². The van der Waals surface area contributed by atoms with Gasteiger partial charge >= 0.3 is 0 Å². The van der Waals surface area contributed by atoms with Crippen molar-refractivity contribution in [2.24, 2.45) is 0 Å². The first-order chi connectivity index (χ1) is 9.04. The lowest BCUT2D eigenvalue weighted by molar-refractivity contribution is -0.127. The number of nitrogens with one attached hydrogen (secondary N) is 1. The Kier molecular flexibility index (Phi) is 6.84. The number of hydrogen-bond donors (Lipinski definition) is 1. The second-order valence-electron chi connectivity index (χ2n) is 4.33. The standard InChI is InChI=1S/C14H19BrFNO2/c1-3-4-5-8-17-14(18)10(2)19-11-6-7-12(15)13(16)9-11/h6-7,9-10H,3-5,8H2,1-2H3,(H,17,18). The average Bonchev–Trinajstić information content (AvgIpc) is 2.38. The first-order valence-electron chi connectivity index (χ1n) is 6.44. The van der Waals surface area contributed by atoms with Gasteiger partial charge < -0.3 is 10.1 Å². The van der Waals surface area contributed by atoms with Gasteiger partial charge in [0.15, 0.2) is 6.10 Å². The first kappa shape index (κ1) is 16.0. The molecule has 0 aliphatic rings. The Labute approximate surface area is 121 Å². The number of hydrogen-bond acceptors (Lipinski definition) is 2. The Morgan fingerprint density at radius 1 is 1.47 bits per heavy atom. The summed E-state index contributed by atoms with van der Waals surface area (Å²) in [6, 6.07) is 4.43. The van der Waals surface area contributed by atoms with Crippen LogP contribution in [0.25, 0.3) is 0 Å². The number of amides is 1. The maximum atomic E-state index is 13.3. The van der Waals surface area contributed by atoms with Gasteiger partial charge in [-0.2, -0.15) is 0 Å². The van der Waals surface area contributed by atoms with Gasteiger partial charge in [0.25, 0.3) is 5.91 Å². The molecule has 0 radical (unpaired) electrons. The summed E-state index contributed by atoms with van der Waals surface area (Å²) < 4.78 is 19.1. The van der Waals surface area contributed by atoms with Crippen LogP contribution in [0.1, 0.15) is 33.1 Å². The van der Waals surface area contributed by atoms with Crippen LogP contribution in [0.3, 0.4) is 0 Å². The minimum Gasteiger partial charge on any atom is -0.481 e. The lowest BCUT2D eigenvalue weighted by atomic mass is 10.2. The predicted molar refractivity (Wildman–Crippen MR) is 76.7 cm³/mol. The van der Waals surface area contributed by atoms with Crippen molar-refractivity contribution in [1.82, 2.24) is 5.32 Å². The largest absolute Gasteiger partial charge is 0.481 e. The van der Waals surface area contributed by atoms with E-state index in [1.165, 1.54) is 6.07 Å². The van der Waals surface area contributed by atoms with Crippen LogP contribution >= 0.6 is 15.9 Å². The third-order valence-electron chi connectivity index (χ3n) is 2.65. The molecule has 1 aromatic carbocycles. The third-order valence-corrected chi connectivity index (χ3v) is 3.30. The van der Waals surface area contributed by atoms with Crippen molar-refractivity contribution < 1.29 is 13.9 Å². The summed E-state index contributed by atoms with van der Waals surface area (Å²) >= 11 is 3.06. The number of carbonyl (C=O) groups excluding carboxylic acids is 1. The Hall–Kier alpha value is -1.10. The molecular weight excluding hydrogens is 313 g/mol. The van der Waals surface area contributed by atoms with Crippen LogP contribution in [0.5, 0.6) is 5.75 Å². The second kappa shape index (κ2) is 8.15. The quantitative estimate of drug-likeness (QED) is 0.774. The molecule has 0 heterocycles. The highest BCUT2D eigenvalue weighted by Crippen LogP contribution is 2.21. The van der Waals surface area contributed by atoms with Crippen LogP contribution in [0.4, 0.5) is 4.39 Å². The monoisotopic (exact) mass is 331 g/mol. The molecular formula is C14H19BrFNO2.